The number of amides is 1. The minimum atomic E-state index is -3.12. The van der Waals surface area contributed by atoms with Crippen LogP contribution in [0.15, 0.2) is 30.3 Å². The van der Waals surface area contributed by atoms with Crippen LogP contribution in [0.1, 0.15) is 37.7 Å². The summed E-state index contributed by atoms with van der Waals surface area (Å²) in [5.74, 6) is 0.586. The van der Waals surface area contributed by atoms with Crippen molar-refractivity contribution < 1.29 is 13.2 Å². The quantitative estimate of drug-likeness (QED) is 0.890. The Morgan fingerprint density at radius 1 is 1.22 bits per heavy atom. The second-order valence-electron chi connectivity index (χ2n) is 6.44. The highest BCUT2D eigenvalue weighted by atomic mass is 32.2. The second-order valence-corrected chi connectivity index (χ2v) is 8.70. The zero-order chi connectivity index (χ0) is 16.4. The van der Waals surface area contributed by atoms with Crippen LogP contribution in [0.4, 0.5) is 0 Å². The van der Waals surface area contributed by atoms with Gasteiger partial charge in [0, 0.05) is 31.0 Å². The molecule has 1 aliphatic heterocycles. The van der Waals surface area contributed by atoms with Crippen molar-refractivity contribution in [3.05, 3.63) is 35.9 Å². The largest absolute Gasteiger partial charge is 0.352 e. The molecule has 2 fully saturated rings. The number of hydrogen-bond donors (Lipinski definition) is 1. The van der Waals surface area contributed by atoms with Crippen molar-refractivity contribution in [2.75, 3.05) is 18.8 Å². The average molecular weight is 336 g/mol. The van der Waals surface area contributed by atoms with E-state index in [0.717, 1.165) is 6.42 Å². The highest BCUT2D eigenvalue weighted by molar-refractivity contribution is 7.89. The molecule has 0 radical (unpaired) electrons. The van der Waals surface area contributed by atoms with Crippen LogP contribution in [0.5, 0.6) is 0 Å². The standard InChI is InChI=1S/C17H24N2O3S/c1-2-23(21,22)19-10-8-14(9-11-19)17(20)18-16-12-15(16)13-6-4-3-5-7-13/h3-7,14-16H,2,8-12H2,1H3,(H,18,20)/t15-,16+/m1/s1. The van der Waals surface area contributed by atoms with Gasteiger partial charge in [0.05, 0.1) is 5.75 Å². The molecule has 126 valence electrons. The Morgan fingerprint density at radius 2 is 1.87 bits per heavy atom. The molecule has 6 heteroatoms. The van der Waals surface area contributed by atoms with Gasteiger partial charge < -0.3 is 5.32 Å². The molecule has 3 rings (SSSR count). The van der Waals surface area contributed by atoms with Gasteiger partial charge >= 0.3 is 0 Å². The van der Waals surface area contributed by atoms with E-state index in [2.05, 4.69) is 17.4 Å². The molecule has 5 nitrogen and oxygen atoms in total. The molecule has 1 aromatic carbocycles. The molecule has 23 heavy (non-hydrogen) atoms. The smallest absolute Gasteiger partial charge is 0.223 e. The van der Waals surface area contributed by atoms with Crippen molar-refractivity contribution in [3.63, 3.8) is 0 Å². The summed E-state index contributed by atoms with van der Waals surface area (Å²) in [6.45, 7) is 2.58. The summed E-state index contributed by atoms with van der Waals surface area (Å²) in [6, 6.07) is 10.5. The predicted octanol–water partition coefficient (Wildman–Crippen LogP) is 1.72. The Balaban J connectivity index is 1.48. The van der Waals surface area contributed by atoms with Crippen LogP contribution in [0.3, 0.4) is 0 Å². The number of benzene rings is 1. The molecule has 1 aromatic rings. The van der Waals surface area contributed by atoms with Crippen molar-refractivity contribution in [2.24, 2.45) is 5.92 Å². The lowest BCUT2D eigenvalue weighted by Gasteiger charge is -2.30. The minimum absolute atomic E-state index is 0.0599. The lowest BCUT2D eigenvalue weighted by atomic mass is 9.97. The lowest BCUT2D eigenvalue weighted by Crippen LogP contribution is -2.44. The molecule has 1 heterocycles. The molecule has 2 aliphatic rings. The van der Waals surface area contributed by atoms with Gasteiger partial charge in [-0.3, -0.25) is 4.79 Å². The predicted molar refractivity (Wildman–Crippen MR) is 89.5 cm³/mol. The van der Waals surface area contributed by atoms with Gasteiger partial charge in [0.2, 0.25) is 15.9 Å². The van der Waals surface area contributed by atoms with Crippen LogP contribution in [0.25, 0.3) is 0 Å². The third-order valence-electron chi connectivity index (χ3n) is 4.93. The fourth-order valence-corrected chi connectivity index (χ4v) is 4.43. The third-order valence-corrected chi connectivity index (χ3v) is 6.81. The Morgan fingerprint density at radius 3 is 2.48 bits per heavy atom. The van der Waals surface area contributed by atoms with Crippen molar-refractivity contribution in [1.82, 2.24) is 9.62 Å². The molecule has 1 aliphatic carbocycles. The van der Waals surface area contributed by atoms with Crippen LogP contribution >= 0.6 is 0 Å². The van der Waals surface area contributed by atoms with Gasteiger partial charge in [-0.1, -0.05) is 30.3 Å². The molecule has 0 aromatic heterocycles. The number of sulfonamides is 1. The van der Waals surface area contributed by atoms with Gasteiger partial charge in [0.25, 0.3) is 0 Å². The third kappa shape index (κ3) is 3.75. The maximum atomic E-state index is 12.4. The normalized spacial score (nSPS) is 26.0. The lowest BCUT2D eigenvalue weighted by molar-refractivity contribution is -0.126. The Kier molecular flexibility index (Phi) is 4.73. The average Bonchev–Trinajstić information content (AvgIpc) is 3.35. The summed E-state index contributed by atoms with van der Waals surface area (Å²) in [7, 11) is -3.12. The molecule has 2 atom stereocenters. The summed E-state index contributed by atoms with van der Waals surface area (Å²) in [4.78, 5) is 12.4. The van der Waals surface area contributed by atoms with E-state index in [4.69, 9.17) is 0 Å². The first-order valence-electron chi connectivity index (χ1n) is 8.34. The summed E-state index contributed by atoms with van der Waals surface area (Å²) in [5.41, 5.74) is 1.28. The van der Waals surface area contributed by atoms with E-state index in [1.54, 1.807) is 6.92 Å². The SMILES string of the molecule is CCS(=O)(=O)N1CCC(C(=O)N[C@H]2C[C@@H]2c2ccccc2)CC1. The fraction of sp³-hybridized carbons (Fsp3) is 0.588. The molecule has 1 saturated heterocycles. The van der Waals surface area contributed by atoms with Gasteiger partial charge in [0.15, 0.2) is 0 Å². The first-order valence-corrected chi connectivity index (χ1v) is 9.95. The number of carbonyl (C=O) groups excluding carboxylic acids is 1. The fourth-order valence-electron chi connectivity index (χ4n) is 3.30. The highest BCUT2D eigenvalue weighted by Crippen LogP contribution is 2.40. The van der Waals surface area contributed by atoms with Crippen molar-refractivity contribution in [3.8, 4) is 0 Å². The molecule has 0 unspecified atom stereocenters. The van der Waals surface area contributed by atoms with Gasteiger partial charge in [0.1, 0.15) is 0 Å². The van der Waals surface area contributed by atoms with Crippen LogP contribution in [-0.2, 0) is 14.8 Å². The first-order chi connectivity index (χ1) is 11.0. The maximum absolute atomic E-state index is 12.4. The highest BCUT2D eigenvalue weighted by Gasteiger charge is 2.41. The zero-order valence-electron chi connectivity index (χ0n) is 13.4. The Hall–Kier alpha value is -1.40. The van der Waals surface area contributed by atoms with Gasteiger partial charge in [-0.25, -0.2) is 12.7 Å². The van der Waals surface area contributed by atoms with E-state index in [1.165, 1.54) is 9.87 Å². The van der Waals surface area contributed by atoms with E-state index in [9.17, 15) is 13.2 Å². The summed E-state index contributed by atoms with van der Waals surface area (Å²) >= 11 is 0. The zero-order valence-corrected chi connectivity index (χ0v) is 14.3. The number of carbonyl (C=O) groups is 1. The first kappa shape index (κ1) is 16.5. The summed E-state index contributed by atoms with van der Waals surface area (Å²) in [6.07, 6.45) is 2.24. The molecule has 0 spiro atoms. The molecule has 0 bridgehead atoms. The Labute approximate surface area is 138 Å². The number of rotatable bonds is 5. The molecule has 1 amide bonds. The molecule has 1 N–H and O–H groups in total. The monoisotopic (exact) mass is 336 g/mol. The molecular formula is C17H24N2O3S. The van der Waals surface area contributed by atoms with Crippen LogP contribution in [-0.4, -0.2) is 43.5 Å². The Bertz CT molecular complexity index is 652. The summed E-state index contributed by atoms with van der Waals surface area (Å²) in [5, 5.41) is 3.13. The van der Waals surface area contributed by atoms with E-state index in [0.29, 0.717) is 31.8 Å². The van der Waals surface area contributed by atoms with E-state index < -0.39 is 10.0 Å². The number of nitrogens with one attached hydrogen (secondary N) is 1. The summed E-state index contributed by atoms with van der Waals surface area (Å²) < 4.78 is 25.2. The number of nitrogens with zero attached hydrogens (tertiary/aromatic N) is 1. The van der Waals surface area contributed by atoms with Crippen molar-refractivity contribution in [1.29, 1.82) is 0 Å². The number of piperidine rings is 1. The van der Waals surface area contributed by atoms with Gasteiger partial charge in [-0.15, -0.1) is 0 Å². The van der Waals surface area contributed by atoms with Gasteiger partial charge in [-0.2, -0.15) is 0 Å². The van der Waals surface area contributed by atoms with Crippen LogP contribution in [0.2, 0.25) is 0 Å². The van der Waals surface area contributed by atoms with Crippen LogP contribution < -0.4 is 5.32 Å². The second kappa shape index (κ2) is 6.61. The number of hydrogen-bond acceptors (Lipinski definition) is 3. The molecular weight excluding hydrogens is 312 g/mol. The minimum Gasteiger partial charge on any atom is -0.352 e. The molecule has 1 saturated carbocycles. The van der Waals surface area contributed by atoms with Crippen LogP contribution in [0, 0.1) is 5.92 Å². The topological polar surface area (TPSA) is 66.5 Å². The van der Waals surface area contributed by atoms with E-state index in [-0.39, 0.29) is 23.6 Å². The maximum Gasteiger partial charge on any atom is 0.223 e. The van der Waals surface area contributed by atoms with Gasteiger partial charge in [-0.05, 0) is 31.7 Å². The van der Waals surface area contributed by atoms with E-state index in [1.807, 2.05) is 18.2 Å². The van der Waals surface area contributed by atoms with Crippen molar-refractivity contribution in [2.45, 2.75) is 38.1 Å². The van der Waals surface area contributed by atoms with E-state index >= 15 is 0 Å². The van der Waals surface area contributed by atoms with Crippen molar-refractivity contribution >= 4 is 15.9 Å².